The van der Waals surface area contributed by atoms with Crippen LogP contribution in [0.5, 0.6) is 5.75 Å². The highest BCUT2D eigenvalue weighted by molar-refractivity contribution is 5.29. The number of hydrogen-bond acceptors (Lipinski definition) is 1. The average Bonchev–Trinajstić information content (AvgIpc) is 2.51. The number of alkyl halides is 3. The minimum atomic E-state index is -4.01. The Hall–Kier alpha value is -1.19. The Labute approximate surface area is 130 Å². The van der Waals surface area contributed by atoms with Crippen LogP contribution in [-0.4, -0.2) is 12.8 Å². The van der Waals surface area contributed by atoms with Crippen molar-refractivity contribution in [2.75, 3.05) is 6.61 Å². The summed E-state index contributed by atoms with van der Waals surface area (Å²) in [6, 6.07) is 8.21. The van der Waals surface area contributed by atoms with Gasteiger partial charge in [0, 0.05) is 6.42 Å². The van der Waals surface area contributed by atoms with E-state index in [0.29, 0.717) is 12.3 Å². The molecule has 1 nitrogen and oxygen atoms in total. The molecule has 1 aromatic rings. The van der Waals surface area contributed by atoms with Crippen LogP contribution in [0.25, 0.3) is 0 Å². The van der Waals surface area contributed by atoms with E-state index in [2.05, 4.69) is 19.1 Å². The molecule has 0 unspecified atom stereocenters. The van der Waals surface area contributed by atoms with Gasteiger partial charge < -0.3 is 4.74 Å². The van der Waals surface area contributed by atoms with Crippen molar-refractivity contribution >= 4 is 0 Å². The van der Waals surface area contributed by atoms with Crippen LogP contribution >= 0.6 is 0 Å². The first-order valence-corrected chi connectivity index (χ1v) is 8.27. The quantitative estimate of drug-likeness (QED) is 0.617. The highest BCUT2D eigenvalue weighted by atomic mass is 19.4. The van der Waals surface area contributed by atoms with Crippen molar-refractivity contribution in [1.29, 1.82) is 0 Å². The van der Waals surface area contributed by atoms with Crippen molar-refractivity contribution in [2.24, 2.45) is 5.92 Å². The first-order chi connectivity index (χ1) is 10.5. The summed E-state index contributed by atoms with van der Waals surface area (Å²) in [5.74, 6) is 1.62. The van der Waals surface area contributed by atoms with Crippen molar-refractivity contribution < 1.29 is 17.9 Å². The molecular weight excluding hydrogens is 289 g/mol. The molecule has 0 bridgehead atoms. The number of rotatable bonds is 6. The molecule has 1 aromatic carbocycles. The van der Waals surface area contributed by atoms with Gasteiger partial charge in [0.2, 0.25) is 0 Å². The van der Waals surface area contributed by atoms with Crippen molar-refractivity contribution in [3.05, 3.63) is 29.8 Å². The van der Waals surface area contributed by atoms with E-state index in [0.717, 1.165) is 44.5 Å². The van der Waals surface area contributed by atoms with E-state index in [1.54, 1.807) is 0 Å². The van der Waals surface area contributed by atoms with Gasteiger partial charge in [-0.25, -0.2) is 0 Å². The zero-order valence-electron chi connectivity index (χ0n) is 13.2. The number of hydrogen-bond donors (Lipinski definition) is 0. The van der Waals surface area contributed by atoms with Crippen LogP contribution in [-0.2, 0) is 0 Å². The zero-order chi connectivity index (χ0) is 16.0. The van der Waals surface area contributed by atoms with Gasteiger partial charge in [-0.2, -0.15) is 13.2 Å². The Morgan fingerprint density at radius 3 is 2.23 bits per heavy atom. The van der Waals surface area contributed by atoms with E-state index in [9.17, 15) is 13.2 Å². The maximum atomic E-state index is 12.3. The number of benzene rings is 1. The molecule has 1 aliphatic carbocycles. The molecule has 0 spiro atoms. The van der Waals surface area contributed by atoms with Crippen molar-refractivity contribution in [1.82, 2.24) is 0 Å². The zero-order valence-corrected chi connectivity index (χ0v) is 13.2. The first kappa shape index (κ1) is 17.2. The topological polar surface area (TPSA) is 9.23 Å². The highest BCUT2D eigenvalue weighted by Gasteiger charge is 2.30. The van der Waals surface area contributed by atoms with Crippen LogP contribution in [0.15, 0.2) is 24.3 Å². The van der Waals surface area contributed by atoms with Gasteiger partial charge >= 0.3 is 6.18 Å². The van der Waals surface area contributed by atoms with Crippen LogP contribution in [0, 0.1) is 5.92 Å². The van der Waals surface area contributed by atoms with Gasteiger partial charge in [-0.1, -0.05) is 19.1 Å². The van der Waals surface area contributed by atoms with Gasteiger partial charge in [-0.15, -0.1) is 0 Å². The maximum Gasteiger partial charge on any atom is 0.389 e. The van der Waals surface area contributed by atoms with Crippen LogP contribution in [0.1, 0.15) is 63.4 Å². The molecule has 4 heteroatoms. The van der Waals surface area contributed by atoms with Crippen LogP contribution in [0.4, 0.5) is 13.2 Å². The summed E-state index contributed by atoms with van der Waals surface area (Å²) in [4.78, 5) is 0. The molecule has 0 N–H and O–H groups in total. The smallest absolute Gasteiger partial charge is 0.389 e. The fraction of sp³-hybridized carbons (Fsp3) is 0.667. The van der Waals surface area contributed by atoms with Gasteiger partial charge in [0.25, 0.3) is 0 Å². The molecule has 22 heavy (non-hydrogen) atoms. The first-order valence-electron chi connectivity index (χ1n) is 8.27. The molecule has 0 heterocycles. The summed E-state index contributed by atoms with van der Waals surface area (Å²) in [5, 5.41) is 0. The maximum absolute atomic E-state index is 12.3. The Balaban J connectivity index is 1.78. The Morgan fingerprint density at radius 1 is 1.05 bits per heavy atom. The lowest BCUT2D eigenvalue weighted by Crippen LogP contribution is -2.16. The largest absolute Gasteiger partial charge is 0.494 e. The second-order valence-electron chi connectivity index (χ2n) is 6.29. The molecule has 1 aliphatic rings. The number of halogens is 3. The average molecular weight is 314 g/mol. The Morgan fingerprint density at radius 2 is 1.68 bits per heavy atom. The molecule has 0 atom stereocenters. The van der Waals surface area contributed by atoms with Crippen LogP contribution in [0.2, 0.25) is 0 Å². The van der Waals surface area contributed by atoms with E-state index in [-0.39, 0.29) is 5.92 Å². The minimum absolute atomic E-state index is 0.241. The van der Waals surface area contributed by atoms with Gasteiger partial charge in [-0.3, -0.25) is 0 Å². The fourth-order valence-corrected chi connectivity index (χ4v) is 3.21. The van der Waals surface area contributed by atoms with Crippen molar-refractivity contribution in [3.63, 3.8) is 0 Å². The third kappa shape index (κ3) is 5.54. The lowest BCUT2D eigenvalue weighted by atomic mass is 9.77. The van der Waals surface area contributed by atoms with Crippen molar-refractivity contribution in [3.8, 4) is 5.75 Å². The predicted octanol–water partition coefficient (Wildman–Crippen LogP) is 6.09. The van der Waals surface area contributed by atoms with E-state index in [1.165, 1.54) is 5.56 Å². The molecule has 0 amide bonds. The standard InChI is InChI=1S/C18H25F3O/c1-2-13-22-17-9-7-16(8-10-17)15-5-3-14(4-6-15)11-12-18(19,20)21/h7-10,14-15H,2-6,11-13H2,1H3. The molecule has 1 fully saturated rings. The predicted molar refractivity (Wildman–Crippen MR) is 82.2 cm³/mol. The normalized spacial score (nSPS) is 22.5. The molecule has 0 radical (unpaired) electrons. The van der Waals surface area contributed by atoms with Gasteiger partial charge in [-0.05, 0) is 68.1 Å². The van der Waals surface area contributed by atoms with E-state index in [4.69, 9.17) is 4.74 Å². The molecule has 0 aromatic heterocycles. The monoisotopic (exact) mass is 314 g/mol. The second kappa shape index (κ2) is 7.89. The highest BCUT2D eigenvalue weighted by Crippen LogP contribution is 2.39. The summed E-state index contributed by atoms with van der Waals surface area (Å²) >= 11 is 0. The second-order valence-corrected chi connectivity index (χ2v) is 6.29. The van der Waals surface area contributed by atoms with Gasteiger partial charge in [0.15, 0.2) is 0 Å². The third-order valence-electron chi connectivity index (χ3n) is 4.51. The lowest BCUT2D eigenvalue weighted by molar-refractivity contribution is -0.138. The molecule has 0 aliphatic heterocycles. The fourth-order valence-electron chi connectivity index (χ4n) is 3.21. The molecule has 0 saturated heterocycles. The van der Waals surface area contributed by atoms with Crippen LogP contribution in [0.3, 0.4) is 0 Å². The molecule has 1 saturated carbocycles. The minimum Gasteiger partial charge on any atom is -0.494 e. The van der Waals surface area contributed by atoms with Crippen LogP contribution < -0.4 is 4.74 Å². The van der Waals surface area contributed by atoms with Crippen molar-refractivity contribution in [2.45, 2.75) is 64.0 Å². The van der Waals surface area contributed by atoms with E-state index >= 15 is 0 Å². The van der Waals surface area contributed by atoms with Gasteiger partial charge in [0.1, 0.15) is 5.75 Å². The molecule has 2 rings (SSSR count). The SMILES string of the molecule is CCCOc1ccc(C2CCC(CCC(F)(F)F)CC2)cc1. The van der Waals surface area contributed by atoms with E-state index in [1.807, 2.05) is 12.1 Å². The van der Waals surface area contributed by atoms with Gasteiger partial charge in [0.05, 0.1) is 6.61 Å². The third-order valence-corrected chi connectivity index (χ3v) is 4.51. The Bertz CT molecular complexity index is 431. The molecule has 124 valence electrons. The Kier molecular flexibility index (Phi) is 6.16. The summed E-state index contributed by atoms with van der Waals surface area (Å²) in [5.41, 5.74) is 1.29. The number of ether oxygens (including phenoxy) is 1. The summed E-state index contributed by atoms with van der Waals surface area (Å²) in [6.45, 7) is 2.80. The lowest BCUT2D eigenvalue weighted by Gasteiger charge is -2.29. The summed E-state index contributed by atoms with van der Waals surface area (Å²) in [6.07, 6.45) is 0.458. The summed E-state index contributed by atoms with van der Waals surface area (Å²) in [7, 11) is 0. The molecular formula is C18H25F3O. The summed E-state index contributed by atoms with van der Waals surface area (Å²) < 4.78 is 42.4. The van der Waals surface area contributed by atoms with E-state index < -0.39 is 12.6 Å².